The van der Waals surface area contributed by atoms with E-state index in [-0.39, 0.29) is 23.9 Å². The van der Waals surface area contributed by atoms with Gasteiger partial charge >= 0.3 is 0 Å². The van der Waals surface area contributed by atoms with Crippen LogP contribution in [0.2, 0.25) is 0 Å². The monoisotopic (exact) mass is 711 g/mol. The van der Waals surface area contributed by atoms with Crippen LogP contribution in [0, 0.1) is 27.3 Å². The normalized spacial score (nSPS) is 19.6. The molecule has 3 fully saturated rings. The van der Waals surface area contributed by atoms with Gasteiger partial charge in [-0.1, -0.05) is 17.3 Å². The summed E-state index contributed by atoms with van der Waals surface area (Å²) in [5.74, 6) is -1.22. The lowest BCUT2D eigenvalue weighted by Gasteiger charge is -2.37. The van der Waals surface area contributed by atoms with E-state index >= 15 is 0 Å². The first kappa shape index (κ1) is 34.3. The molecule has 3 aliphatic heterocycles. The Bertz CT molecular complexity index is 2170. The minimum absolute atomic E-state index is 0.0850. The minimum Gasteiger partial charge on any atom is -0.369 e. The highest BCUT2D eigenvalue weighted by Crippen LogP contribution is 2.50. The van der Waals surface area contributed by atoms with Gasteiger partial charge in [0.1, 0.15) is 11.8 Å². The van der Waals surface area contributed by atoms with Crippen LogP contribution in [0.4, 0.5) is 17.1 Å². The van der Waals surface area contributed by atoms with Crippen molar-refractivity contribution >= 4 is 40.7 Å². The summed E-state index contributed by atoms with van der Waals surface area (Å²) in [4.78, 5) is 62.7. The van der Waals surface area contributed by atoms with Gasteiger partial charge in [-0.15, -0.1) is 0 Å². The molecule has 3 aromatic carbocycles. The van der Waals surface area contributed by atoms with Gasteiger partial charge in [0.15, 0.2) is 0 Å². The molecule has 1 N–H and O–H groups in total. The second kappa shape index (κ2) is 13.3. The third-order valence-electron chi connectivity index (χ3n) is 11.3. The molecule has 8 rings (SSSR count). The van der Waals surface area contributed by atoms with Crippen molar-refractivity contribution in [2.24, 2.45) is 0 Å². The second-order valence-corrected chi connectivity index (χ2v) is 14.5. The first-order chi connectivity index (χ1) is 25.6. The van der Waals surface area contributed by atoms with E-state index in [0.29, 0.717) is 5.56 Å². The smallest absolute Gasteiger partial charge is 0.262 e. The standard InChI is InChI=1S/C41H41N7O5/c1-25-5-6-28(37-26(2)44-53-27(37)3)23-35(25)47(30-9-7-29(8-10-30)41(42-4)15-16-41)22-19-45-17-20-46(21-18-45)31-11-12-32-33(24-31)40(52)48(39(32)51)34-13-14-36(49)43-38(34)50/h5-12,23-24,34H,13-22H2,1-3H3,(H,43,49,50). The molecular weight excluding hydrogens is 670 g/mol. The largest absolute Gasteiger partial charge is 0.369 e. The summed E-state index contributed by atoms with van der Waals surface area (Å²) in [6, 6.07) is 19.3. The minimum atomic E-state index is -0.986. The number of anilines is 3. The van der Waals surface area contributed by atoms with E-state index in [4.69, 9.17) is 11.1 Å². The molecule has 0 radical (unpaired) electrons. The number of imide groups is 2. The van der Waals surface area contributed by atoms with Gasteiger partial charge in [0.05, 0.1) is 16.8 Å². The van der Waals surface area contributed by atoms with Gasteiger partial charge in [0.25, 0.3) is 17.4 Å². The molecule has 270 valence electrons. The van der Waals surface area contributed by atoms with Gasteiger partial charge in [0.2, 0.25) is 11.8 Å². The molecule has 4 amide bonds. The Morgan fingerprint density at radius 3 is 2.32 bits per heavy atom. The number of carbonyl (C=O) groups excluding carboxylic acids is 4. The van der Waals surface area contributed by atoms with Crippen molar-refractivity contribution in [2.45, 2.75) is 58.0 Å². The van der Waals surface area contributed by atoms with E-state index in [9.17, 15) is 19.2 Å². The Hall–Kier alpha value is -5.80. The molecule has 4 aromatic rings. The number of rotatable bonds is 9. The topological polar surface area (TPSA) is 124 Å². The van der Waals surface area contributed by atoms with Crippen LogP contribution < -0.4 is 15.1 Å². The van der Waals surface area contributed by atoms with Crippen molar-refractivity contribution in [2.75, 3.05) is 49.1 Å². The second-order valence-electron chi connectivity index (χ2n) is 14.5. The van der Waals surface area contributed by atoms with Gasteiger partial charge < -0.3 is 19.2 Å². The number of piperidine rings is 1. The summed E-state index contributed by atoms with van der Waals surface area (Å²) < 4.78 is 5.51. The van der Waals surface area contributed by atoms with Crippen LogP contribution in [0.1, 0.15) is 69.0 Å². The van der Waals surface area contributed by atoms with Crippen molar-refractivity contribution in [1.82, 2.24) is 20.3 Å². The molecular formula is C41H41N7O5. The first-order valence-electron chi connectivity index (χ1n) is 18.2. The molecule has 1 atom stereocenters. The zero-order chi connectivity index (χ0) is 37.0. The molecule has 0 spiro atoms. The molecule has 12 heteroatoms. The van der Waals surface area contributed by atoms with E-state index in [2.05, 4.69) is 79.4 Å². The molecule has 1 aromatic heterocycles. The summed E-state index contributed by atoms with van der Waals surface area (Å²) in [5, 5.41) is 6.44. The van der Waals surface area contributed by atoms with Gasteiger partial charge in [0, 0.05) is 86.7 Å². The summed E-state index contributed by atoms with van der Waals surface area (Å²) in [5.41, 5.74) is 8.37. The maximum Gasteiger partial charge on any atom is 0.262 e. The molecule has 4 heterocycles. The number of benzene rings is 3. The number of carbonyl (C=O) groups is 4. The van der Waals surface area contributed by atoms with Gasteiger partial charge in [-0.05, 0) is 86.8 Å². The maximum absolute atomic E-state index is 13.4. The van der Waals surface area contributed by atoms with Crippen LogP contribution in [0.5, 0.6) is 0 Å². The molecule has 0 bridgehead atoms. The Balaban J connectivity index is 0.980. The molecule has 53 heavy (non-hydrogen) atoms. The number of fused-ring (bicyclic) bond motifs is 1. The van der Waals surface area contributed by atoms with E-state index < -0.39 is 29.7 Å². The van der Waals surface area contributed by atoms with Crippen molar-refractivity contribution in [3.63, 3.8) is 0 Å². The molecule has 1 unspecified atom stereocenters. The van der Waals surface area contributed by atoms with Gasteiger partial charge in [-0.2, -0.15) is 0 Å². The number of hydrogen-bond acceptors (Lipinski definition) is 9. The third-order valence-corrected chi connectivity index (χ3v) is 11.3. The Labute approximate surface area is 308 Å². The fourth-order valence-electron chi connectivity index (χ4n) is 8.00. The fraction of sp³-hybridized carbons (Fsp3) is 0.366. The zero-order valence-electron chi connectivity index (χ0n) is 30.1. The Kier molecular flexibility index (Phi) is 8.61. The van der Waals surface area contributed by atoms with Crippen LogP contribution >= 0.6 is 0 Å². The number of aryl methyl sites for hydroxylation is 3. The third kappa shape index (κ3) is 6.14. The summed E-state index contributed by atoms with van der Waals surface area (Å²) >= 11 is 0. The number of aromatic nitrogens is 1. The van der Waals surface area contributed by atoms with Crippen LogP contribution in [-0.4, -0.2) is 83.9 Å². The van der Waals surface area contributed by atoms with Crippen molar-refractivity contribution in [3.8, 4) is 11.1 Å². The number of nitrogens with zero attached hydrogens (tertiary/aromatic N) is 6. The van der Waals surface area contributed by atoms with Crippen molar-refractivity contribution in [3.05, 3.63) is 106 Å². The SMILES string of the molecule is [C-]#[N+]C1(c2ccc(N(CCN3CCN(c4ccc5c(c4)C(=O)N(C4CCC(=O)NC4=O)C5=O)CC3)c3cc(-c4c(C)noc4C)ccc3C)cc2)CC1. The van der Waals surface area contributed by atoms with Gasteiger partial charge in [-0.3, -0.25) is 34.3 Å². The quantitative estimate of drug-likeness (QED) is 0.176. The maximum atomic E-state index is 13.4. The lowest BCUT2D eigenvalue weighted by Crippen LogP contribution is -2.54. The van der Waals surface area contributed by atoms with Crippen LogP contribution in [0.3, 0.4) is 0 Å². The molecule has 1 aliphatic carbocycles. The van der Waals surface area contributed by atoms with Crippen molar-refractivity contribution < 1.29 is 23.7 Å². The Morgan fingerprint density at radius 1 is 0.925 bits per heavy atom. The lowest BCUT2D eigenvalue weighted by atomic mass is 10.00. The number of nitrogens with one attached hydrogen (secondary N) is 1. The van der Waals surface area contributed by atoms with Crippen LogP contribution in [0.25, 0.3) is 16.0 Å². The van der Waals surface area contributed by atoms with E-state index in [0.717, 1.165) is 108 Å². The predicted octanol–water partition coefficient (Wildman–Crippen LogP) is 5.54. The fourth-order valence-corrected chi connectivity index (χ4v) is 8.00. The predicted molar refractivity (Wildman–Crippen MR) is 199 cm³/mol. The highest BCUT2D eigenvalue weighted by Gasteiger charge is 2.52. The van der Waals surface area contributed by atoms with Crippen molar-refractivity contribution in [1.29, 1.82) is 0 Å². The molecule has 2 saturated heterocycles. The van der Waals surface area contributed by atoms with Crippen LogP contribution in [0.15, 0.2) is 65.2 Å². The first-order valence-corrected chi connectivity index (χ1v) is 18.2. The van der Waals surface area contributed by atoms with Gasteiger partial charge in [-0.25, -0.2) is 6.57 Å². The summed E-state index contributed by atoms with van der Waals surface area (Å²) in [6.07, 6.45) is 2.03. The van der Waals surface area contributed by atoms with E-state index in [1.807, 2.05) is 19.9 Å². The zero-order valence-corrected chi connectivity index (χ0v) is 30.1. The van der Waals surface area contributed by atoms with E-state index in [1.54, 1.807) is 12.1 Å². The average Bonchev–Trinajstić information content (AvgIpc) is 3.84. The number of hydrogen-bond donors (Lipinski definition) is 1. The summed E-state index contributed by atoms with van der Waals surface area (Å²) in [6.45, 7) is 18.4. The highest BCUT2D eigenvalue weighted by molar-refractivity contribution is 6.23. The van der Waals surface area contributed by atoms with E-state index in [1.165, 1.54) is 0 Å². The highest BCUT2D eigenvalue weighted by atomic mass is 16.5. The molecule has 1 saturated carbocycles. The Morgan fingerprint density at radius 2 is 1.66 bits per heavy atom. The molecule has 12 nitrogen and oxygen atoms in total. The number of amides is 4. The lowest BCUT2D eigenvalue weighted by molar-refractivity contribution is -0.136. The number of piperazine rings is 1. The van der Waals surface area contributed by atoms with Crippen LogP contribution in [-0.2, 0) is 15.1 Å². The molecule has 4 aliphatic rings. The average molecular weight is 712 g/mol. The summed E-state index contributed by atoms with van der Waals surface area (Å²) in [7, 11) is 0.